The summed E-state index contributed by atoms with van der Waals surface area (Å²) in [5, 5.41) is 10.2. The van der Waals surface area contributed by atoms with Crippen molar-refractivity contribution in [2.45, 2.75) is 0 Å². The van der Waals surface area contributed by atoms with Crippen LogP contribution in [0.3, 0.4) is 0 Å². The van der Waals surface area contributed by atoms with Crippen molar-refractivity contribution in [3.63, 3.8) is 0 Å². The number of hydrogen-bond donors (Lipinski definition) is 0. The summed E-state index contributed by atoms with van der Waals surface area (Å²) in [5.41, 5.74) is -0.201. The molecule has 0 amide bonds. The van der Waals surface area contributed by atoms with Gasteiger partial charge >= 0.3 is 51.4 Å². The van der Waals surface area contributed by atoms with E-state index in [1.54, 1.807) is 0 Å². The Morgan fingerprint density at radius 2 is 2.27 bits per heavy atom. The van der Waals surface area contributed by atoms with Gasteiger partial charge in [0.2, 0.25) is 0 Å². The summed E-state index contributed by atoms with van der Waals surface area (Å²) >= 11 is 5.36. The fourth-order valence-electron chi connectivity index (χ4n) is 0.474. The van der Waals surface area contributed by atoms with E-state index in [0.29, 0.717) is 0 Å². The Bertz CT molecular complexity index is 267. The van der Waals surface area contributed by atoms with Crippen LogP contribution in [0.2, 0.25) is 5.15 Å². The van der Waals surface area contributed by atoms with Crippen molar-refractivity contribution in [1.29, 1.82) is 0 Å². The Morgan fingerprint density at radius 3 is 2.64 bits per heavy atom. The van der Waals surface area contributed by atoms with Crippen LogP contribution in [0.4, 0.5) is 0 Å². The van der Waals surface area contributed by atoms with Crippen molar-refractivity contribution in [1.82, 2.24) is 4.98 Å². The Morgan fingerprint density at radius 1 is 1.64 bits per heavy atom. The first-order chi connectivity index (χ1) is 4.70. The molecule has 0 N–H and O–H groups in total. The second kappa shape index (κ2) is 5.24. The summed E-state index contributed by atoms with van der Waals surface area (Å²) in [6, 6.07) is 5.06. The summed E-state index contributed by atoms with van der Waals surface area (Å²) in [6.45, 7) is 0. The Hall–Kier alpha value is 0.546. The molecular formula is C6H2ClKNO2. The largest absolute Gasteiger partial charge is 1.00 e. The van der Waals surface area contributed by atoms with Gasteiger partial charge in [-0.25, -0.2) is 4.98 Å². The molecule has 1 rings (SSSR count). The maximum Gasteiger partial charge on any atom is 1.00 e. The van der Waals surface area contributed by atoms with Crippen molar-refractivity contribution in [2.75, 3.05) is 0 Å². The molecule has 0 bridgehead atoms. The van der Waals surface area contributed by atoms with E-state index in [4.69, 9.17) is 11.6 Å². The maximum atomic E-state index is 10.1. The maximum absolute atomic E-state index is 10.1. The molecule has 0 aromatic carbocycles. The first kappa shape index (κ1) is 11.5. The van der Waals surface area contributed by atoms with Gasteiger partial charge in [-0.1, -0.05) is 11.6 Å². The predicted octanol–water partition coefficient (Wildman–Crippen LogP) is -3.10. The number of carboxylic acids is 1. The molecule has 0 atom stereocenters. The number of carbonyl (C=O) groups is 1. The molecule has 51 valence electrons. The Kier molecular flexibility index (Phi) is 5.50. The van der Waals surface area contributed by atoms with E-state index in [-0.39, 0.29) is 62.2 Å². The quantitative estimate of drug-likeness (QED) is 0.352. The standard InChI is InChI=1S/C6H3ClNO2.K/c7-5-3-1-2-4(8-5)6(9)10;/h2-3H,(H,9,10);/q;+1/p-1. The van der Waals surface area contributed by atoms with Gasteiger partial charge in [-0.3, -0.25) is 0 Å². The van der Waals surface area contributed by atoms with Gasteiger partial charge in [0.15, 0.2) is 0 Å². The van der Waals surface area contributed by atoms with Crippen LogP contribution in [0.1, 0.15) is 10.5 Å². The normalized spacial score (nSPS) is 8.45. The van der Waals surface area contributed by atoms with Gasteiger partial charge in [-0.2, -0.15) is 0 Å². The Labute approximate surface area is 111 Å². The molecule has 1 aromatic rings. The van der Waals surface area contributed by atoms with Crippen molar-refractivity contribution in [3.8, 4) is 0 Å². The van der Waals surface area contributed by atoms with E-state index in [0.717, 1.165) is 0 Å². The Balaban J connectivity index is 0.000001000. The molecule has 0 saturated carbocycles. The number of halogens is 1. The van der Waals surface area contributed by atoms with Crippen LogP contribution in [0, 0.1) is 6.07 Å². The third-order valence-corrected chi connectivity index (χ3v) is 1.05. The zero-order chi connectivity index (χ0) is 7.56. The molecule has 0 saturated heterocycles. The van der Waals surface area contributed by atoms with Gasteiger partial charge in [0, 0.05) is 0 Å². The van der Waals surface area contributed by atoms with Crippen LogP contribution in [0.15, 0.2) is 12.1 Å². The smallest absolute Gasteiger partial charge is 0.543 e. The molecule has 1 aromatic heterocycles. The van der Waals surface area contributed by atoms with Gasteiger partial charge in [0.05, 0.1) is 11.7 Å². The van der Waals surface area contributed by atoms with Gasteiger partial charge in [0.1, 0.15) is 5.15 Å². The van der Waals surface area contributed by atoms with Crippen LogP contribution >= 0.6 is 11.6 Å². The summed E-state index contributed by atoms with van der Waals surface area (Å²) in [7, 11) is 0. The van der Waals surface area contributed by atoms with Gasteiger partial charge < -0.3 is 9.90 Å². The number of rotatable bonds is 1. The van der Waals surface area contributed by atoms with E-state index < -0.39 is 5.97 Å². The fourth-order valence-corrected chi connectivity index (χ4v) is 0.628. The first-order valence-corrected chi connectivity index (χ1v) is 2.83. The molecule has 0 aliphatic heterocycles. The zero-order valence-corrected chi connectivity index (χ0v) is 9.68. The molecular weight excluding hydrogens is 193 g/mol. The molecule has 5 heteroatoms. The molecule has 1 radical (unpaired) electrons. The molecule has 0 unspecified atom stereocenters. The fraction of sp³-hybridized carbons (Fsp3) is 0. The van der Waals surface area contributed by atoms with E-state index in [1.807, 2.05) is 0 Å². The van der Waals surface area contributed by atoms with E-state index in [9.17, 15) is 9.90 Å². The number of hydrogen-bond acceptors (Lipinski definition) is 3. The first-order valence-electron chi connectivity index (χ1n) is 2.45. The van der Waals surface area contributed by atoms with Crippen molar-refractivity contribution < 1.29 is 61.3 Å². The number of aromatic carboxylic acids is 1. The van der Waals surface area contributed by atoms with Crippen LogP contribution in [-0.4, -0.2) is 11.0 Å². The molecule has 11 heavy (non-hydrogen) atoms. The van der Waals surface area contributed by atoms with Gasteiger partial charge in [-0.15, -0.1) is 0 Å². The third kappa shape index (κ3) is 3.64. The molecule has 1 heterocycles. The van der Waals surface area contributed by atoms with Crippen molar-refractivity contribution in [3.05, 3.63) is 29.0 Å². The average Bonchev–Trinajstić information content (AvgIpc) is 1.88. The molecule has 0 fully saturated rings. The topological polar surface area (TPSA) is 53.0 Å². The predicted molar refractivity (Wildman–Crippen MR) is 32.4 cm³/mol. The minimum atomic E-state index is -1.35. The number of pyridine rings is 1. The number of carboxylic acid groups (broad SMARTS) is 1. The SMILES string of the molecule is O=C([O-])c1c[c]cc(Cl)n1.[K+]. The second-order valence-electron chi connectivity index (χ2n) is 1.56. The van der Waals surface area contributed by atoms with Crippen molar-refractivity contribution >= 4 is 17.6 Å². The minimum Gasteiger partial charge on any atom is -0.543 e. The van der Waals surface area contributed by atoms with E-state index in [1.165, 1.54) is 12.1 Å². The van der Waals surface area contributed by atoms with Crippen LogP contribution in [0.25, 0.3) is 0 Å². The number of carbonyl (C=O) groups excluding carboxylic acids is 1. The summed E-state index contributed by atoms with van der Waals surface area (Å²) < 4.78 is 0. The second-order valence-corrected chi connectivity index (χ2v) is 1.95. The van der Waals surface area contributed by atoms with E-state index >= 15 is 0 Å². The monoisotopic (exact) mass is 194 g/mol. The van der Waals surface area contributed by atoms with Gasteiger partial charge in [-0.05, 0) is 18.2 Å². The van der Waals surface area contributed by atoms with Crippen LogP contribution < -0.4 is 56.5 Å². The average molecular weight is 195 g/mol. The molecule has 0 aliphatic carbocycles. The van der Waals surface area contributed by atoms with Gasteiger partial charge in [0.25, 0.3) is 0 Å². The summed E-state index contributed by atoms with van der Waals surface area (Å²) in [5.74, 6) is -1.35. The number of nitrogens with zero attached hydrogens (tertiary/aromatic N) is 1. The minimum absolute atomic E-state index is 0. The summed E-state index contributed by atoms with van der Waals surface area (Å²) in [4.78, 5) is 13.5. The summed E-state index contributed by atoms with van der Waals surface area (Å²) in [6.07, 6.45) is 0. The van der Waals surface area contributed by atoms with Crippen LogP contribution in [0.5, 0.6) is 0 Å². The molecule has 3 nitrogen and oxygen atoms in total. The van der Waals surface area contributed by atoms with Crippen LogP contribution in [-0.2, 0) is 0 Å². The molecule has 0 spiro atoms. The zero-order valence-electron chi connectivity index (χ0n) is 5.80. The number of aromatic nitrogens is 1. The molecule has 0 aliphatic rings. The van der Waals surface area contributed by atoms with E-state index in [2.05, 4.69) is 11.1 Å². The third-order valence-electron chi connectivity index (χ3n) is 0.859. The van der Waals surface area contributed by atoms with Crippen molar-refractivity contribution in [2.24, 2.45) is 0 Å².